The third kappa shape index (κ3) is 6.78. The molecule has 0 aromatic heterocycles. The highest BCUT2D eigenvalue weighted by Gasteiger charge is 2.20. The lowest BCUT2D eigenvalue weighted by molar-refractivity contribution is -0.242. The van der Waals surface area contributed by atoms with E-state index in [1.54, 1.807) is 6.92 Å². The van der Waals surface area contributed by atoms with E-state index in [-0.39, 0.29) is 18.3 Å². The summed E-state index contributed by atoms with van der Waals surface area (Å²) in [5.74, 6) is -1.62. The van der Waals surface area contributed by atoms with Gasteiger partial charge >= 0.3 is 18.1 Å². The Morgan fingerprint density at radius 3 is 2.38 bits per heavy atom. The van der Waals surface area contributed by atoms with Gasteiger partial charge in [0.15, 0.2) is 0 Å². The Morgan fingerprint density at radius 2 is 1.76 bits per heavy atom. The number of rotatable bonds is 4. The SMILES string of the molecule is CCOC(=O)/C=C(\C)C(=O)OOC(=O)OC1CCCCC1. The van der Waals surface area contributed by atoms with E-state index in [4.69, 9.17) is 4.74 Å². The molecule has 21 heavy (non-hydrogen) atoms. The van der Waals surface area contributed by atoms with Crippen molar-refractivity contribution in [3.05, 3.63) is 11.6 Å². The van der Waals surface area contributed by atoms with Gasteiger partial charge in [-0.3, -0.25) is 0 Å². The quantitative estimate of drug-likeness (QED) is 0.341. The molecule has 0 bridgehead atoms. The number of hydrogen-bond donors (Lipinski definition) is 0. The molecule has 0 aliphatic heterocycles. The maximum Gasteiger partial charge on any atom is 0.550 e. The first-order chi connectivity index (χ1) is 10.0. The molecular weight excluding hydrogens is 280 g/mol. The second kappa shape index (κ2) is 8.99. The van der Waals surface area contributed by atoms with E-state index in [9.17, 15) is 14.4 Å². The third-order valence-corrected chi connectivity index (χ3v) is 2.94. The Labute approximate surface area is 123 Å². The van der Waals surface area contributed by atoms with Crippen LogP contribution in [0.5, 0.6) is 0 Å². The Kier molecular flexibility index (Phi) is 7.28. The van der Waals surface area contributed by atoms with Crippen LogP contribution in [0.1, 0.15) is 46.0 Å². The molecule has 1 saturated carbocycles. The van der Waals surface area contributed by atoms with Gasteiger partial charge in [0, 0.05) is 11.6 Å². The Balaban J connectivity index is 2.31. The van der Waals surface area contributed by atoms with Crippen LogP contribution in [0.25, 0.3) is 0 Å². The van der Waals surface area contributed by atoms with Crippen LogP contribution in [0.2, 0.25) is 0 Å². The summed E-state index contributed by atoms with van der Waals surface area (Å²) in [4.78, 5) is 42.5. The minimum Gasteiger partial charge on any atom is -0.463 e. The summed E-state index contributed by atoms with van der Waals surface area (Å²) in [5.41, 5.74) is -0.0427. The highest BCUT2D eigenvalue weighted by molar-refractivity contribution is 5.95. The lowest BCUT2D eigenvalue weighted by Gasteiger charge is -2.20. The van der Waals surface area contributed by atoms with Gasteiger partial charge < -0.3 is 9.47 Å². The average molecular weight is 300 g/mol. The fourth-order valence-corrected chi connectivity index (χ4v) is 1.90. The first kappa shape index (κ1) is 17.0. The van der Waals surface area contributed by atoms with Crippen LogP contribution in [0.4, 0.5) is 4.79 Å². The second-order valence-corrected chi connectivity index (χ2v) is 4.66. The van der Waals surface area contributed by atoms with Crippen molar-refractivity contribution in [2.45, 2.75) is 52.1 Å². The second-order valence-electron chi connectivity index (χ2n) is 4.66. The van der Waals surface area contributed by atoms with Crippen molar-refractivity contribution in [3.63, 3.8) is 0 Å². The van der Waals surface area contributed by atoms with Gasteiger partial charge in [-0.15, -0.1) is 0 Å². The first-order valence-corrected chi connectivity index (χ1v) is 6.97. The lowest BCUT2D eigenvalue weighted by atomic mass is 9.98. The molecule has 0 N–H and O–H groups in total. The summed E-state index contributed by atoms with van der Waals surface area (Å²) >= 11 is 0. The Morgan fingerprint density at radius 1 is 1.10 bits per heavy atom. The van der Waals surface area contributed by atoms with Crippen molar-refractivity contribution in [2.75, 3.05) is 6.61 Å². The molecule has 0 amide bonds. The van der Waals surface area contributed by atoms with Gasteiger partial charge in [0.2, 0.25) is 0 Å². The van der Waals surface area contributed by atoms with Gasteiger partial charge in [0.25, 0.3) is 0 Å². The molecule has 0 spiro atoms. The maximum absolute atomic E-state index is 11.4. The van der Waals surface area contributed by atoms with Crippen LogP contribution in [0.15, 0.2) is 11.6 Å². The summed E-state index contributed by atoms with van der Waals surface area (Å²) in [6.45, 7) is 3.18. The normalized spacial score (nSPS) is 16.0. The summed E-state index contributed by atoms with van der Waals surface area (Å²) in [5, 5.41) is 0. The fourth-order valence-electron chi connectivity index (χ4n) is 1.90. The zero-order valence-electron chi connectivity index (χ0n) is 12.3. The van der Waals surface area contributed by atoms with Gasteiger partial charge in [0.05, 0.1) is 6.61 Å². The number of carbonyl (C=O) groups is 3. The van der Waals surface area contributed by atoms with E-state index >= 15 is 0 Å². The van der Waals surface area contributed by atoms with E-state index in [1.807, 2.05) is 0 Å². The minimum atomic E-state index is -1.06. The topological polar surface area (TPSA) is 88.1 Å². The van der Waals surface area contributed by atoms with Crippen LogP contribution in [-0.4, -0.2) is 30.8 Å². The predicted octanol–water partition coefficient (Wildman–Crippen LogP) is 2.44. The van der Waals surface area contributed by atoms with Crippen molar-refractivity contribution in [1.82, 2.24) is 0 Å². The van der Waals surface area contributed by atoms with Gasteiger partial charge in [-0.05, 0) is 39.5 Å². The van der Waals surface area contributed by atoms with E-state index in [1.165, 1.54) is 6.92 Å². The van der Waals surface area contributed by atoms with Crippen molar-refractivity contribution < 1.29 is 33.6 Å². The molecule has 0 aromatic carbocycles. The number of carbonyl (C=O) groups excluding carboxylic acids is 3. The third-order valence-electron chi connectivity index (χ3n) is 2.94. The number of hydrogen-bond acceptors (Lipinski definition) is 7. The van der Waals surface area contributed by atoms with Crippen molar-refractivity contribution in [3.8, 4) is 0 Å². The molecule has 7 heteroatoms. The summed E-state index contributed by atoms with van der Waals surface area (Å²) in [7, 11) is 0. The molecule has 0 saturated heterocycles. The molecule has 1 aliphatic rings. The number of ether oxygens (including phenoxy) is 2. The zero-order valence-corrected chi connectivity index (χ0v) is 12.3. The molecule has 7 nitrogen and oxygen atoms in total. The predicted molar refractivity (Wildman–Crippen MR) is 70.9 cm³/mol. The van der Waals surface area contributed by atoms with Crippen LogP contribution < -0.4 is 0 Å². The standard InChI is InChI=1S/C14H20O7/c1-3-18-12(15)9-10(2)13(16)20-21-14(17)19-11-7-5-4-6-8-11/h9,11H,3-8H2,1-2H3/b10-9+. The van der Waals surface area contributed by atoms with E-state index in [0.29, 0.717) is 0 Å². The molecule has 0 aromatic rings. The molecule has 118 valence electrons. The maximum atomic E-state index is 11.4. The largest absolute Gasteiger partial charge is 0.550 e. The molecule has 1 aliphatic carbocycles. The van der Waals surface area contributed by atoms with Crippen molar-refractivity contribution >= 4 is 18.1 Å². The smallest absolute Gasteiger partial charge is 0.463 e. The fraction of sp³-hybridized carbons (Fsp3) is 0.643. The van der Waals surface area contributed by atoms with Gasteiger partial charge in [-0.1, -0.05) is 6.42 Å². The van der Waals surface area contributed by atoms with E-state index in [2.05, 4.69) is 14.5 Å². The molecule has 1 rings (SSSR count). The molecular formula is C14H20O7. The van der Waals surface area contributed by atoms with E-state index in [0.717, 1.165) is 38.2 Å². The Bertz CT molecular complexity index is 408. The molecule has 0 heterocycles. The van der Waals surface area contributed by atoms with Crippen molar-refractivity contribution in [1.29, 1.82) is 0 Å². The average Bonchev–Trinajstić information content (AvgIpc) is 2.46. The summed E-state index contributed by atoms with van der Waals surface area (Å²) < 4.78 is 9.62. The molecule has 1 fully saturated rings. The zero-order chi connectivity index (χ0) is 15.7. The monoisotopic (exact) mass is 300 g/mol. The molecule has 0 unspecified atom stereocenters. The number of esters is 1. The Hall–Kier alpha value is -2.05. The van der Waals surface area contributed by atoms with Crippen LogP contribution in [0, 0.1) is 0 Å². The van der Waals surface area contributed by atoms with Crippen LogP contribution in [0.3, 0.4) is 0 Å². The van der Waals surface area contributed by atoms with Gasteiger partial charge in [-0.25, -0.2) is 19.4 Å². The van der Waals surface area contributed by atoms with Crippen LogP contribution in [-0.2, 0) is 28.8 Å². The highest BCUT2D eigenvalue weighted by Crippen LogP contribution is 2.20. The first-order valence-electron chi connectivity index (χ1n) is 6.97. The molecule has 0 radical (unpaired) electrons. The van der Waals surface area contributed by atoms with Crippen molar-refractivity contribution in [2.24, 2.45) is 0 Å². The minimum absolute atomic E-state index is 0.0427. The van der Waals surface area contributed by atoms with E-state index < -0.39 is 18.1 Å². The summed E-state index contributed by atoms with van der Waals surface area (Å²) in [6, 6.07) is 0. The molecule has 0 atom stereocenters. The lowest BCUT2D eigenvalue weighted by Crippen LogP contribution is -2.22. The van der Waals surface area contributed by atoms with Crippen LogP contribution >= 0.6 is 0 Å². The van der Waals surface area contributed by atoms with Gasteiger partial charge in [-0.2, -0.15) is 4.79 Å². The highest BCUT2D eigenvalue weighted by atomic mass is 17.2. The van der Waals surface area contributed by atoms with Gasteiger partial charge in [0.1, 0.15) is 6.10 Å². The summed E-state index contributed by atoms with van der Waals surface area (Å²) in [6.07, 6.45) is 4.40.